The summed E-state index contributed by atoms with van der Waals surface area (Å²) in [5, 5.41) is 0. The molecule has 3 heterocycles. The normalized spacial score (nSPS) is 24.3. The van der Waals surface area contributed by atoms with Crippen LogP contribution in [-0.4, -0.2) is 48.2 Å². The summed E-state index contributed by atoms with van der Waals surface area (Å²) >= 11 is 0. The number of rotatable bonds is 6. The van der Waals surface area contributed by atoms with E-state index in [0.717, 1.165) is 24.2 Å². The Morgan fingerprint density at radius 3 is 2.42 bits per heavy atom. The molecule has 2 saturated heterocycles. The van der Waals surface area contributed by atoms with Crippen LogP contribution >= 0.6 is 0 Å². The predicted octanol–water partition coefficient (Wildman–Crippen LogP) is 4.21. The highest BCUT2D eigenvalue weighted by Gasteiger charge is 2.49. The molecule has 2 aliphatic heterocycles. The minimum atomic E-state index is -0.361. The van der Waals surface area contributed by atoms with E-state index in [4.69, 9.17) is 14.2 Å². The van der Waals surface area contributed by atoms with Gasteiger partial charge in [0.1, 0.15) is 11.9 Å². The number of hydrogen-bond donors (Lipinski definition) is 0. The van der Waals surface area contributed by atoms with Gasteiger partial charge < -0.3 is 14.2 Å². The number of hydrogen-bond acceptors (Lipinski definition) is 5. The van der Waals surface area contributed by atoms with Crippen LogP contribution in [0.1, 0.15) is 70.7 Å². The van der Waals surface area contributed by atoms with Crippen molar-refractivity contribution in [2.24, 2.45) is 0 Å². The van der Waals surface area contributed by atoms with Crippen molar-refractivity contribution in [3.05, 3.63) is 53.9 Å². The van der Waals surface area contributed by atoms with Gasteiger partial charge in [-0.1, -0.05) is 23.7 Å². The van der Waals surface area contributed by atoms with E-state index in [9.17, 15) is 0 Å². The lowest BCUT2D eigenvalue weighted by molar-refractivity contribution is -0.0267. The smallest absolute Gasteiger partial charge is 0.228 e. The van der Waals surface area contributed by atoms with Crippen molar-refractivity contribution < 1.29 is 14.2 Å². The topological polar surface area (TPSA) is 43.8 Å². The predicted molar refractivity (Wildman–Crippen MR) is 124 cm³/mol. The summed E-state index contributed by atoms with van der Waals surface area (Å²) in [6, 6.07) is 11.3. The van der Waals surface area contributed by atoms with Gasteiger partial charge >= 0.3 is 0 Å². The molecule has 2 fully saturated rings. The van der Waals surface area contributed by atoms with Crippen LogP contribution in [-0.2, 0) is 9.47 Å². The van der Waals surface area contributed by atoms with Crippen molar-refractivity contribution in [3.8, 4) is 5.75 Å². The lowest BCUT2D eigenvalue weighted by Gasteiger charge is -2.31. The maximum Gasteiger partial charge on any atom is 0.228 e. The average molecular weight is 421 g/mol. The quantitative estimate of drug-likeness (QED) is 0.654. The molecule has 0 spiro atoms. The molecule has 0 N–H and O–H groups in total. The van der Waals surface area contributed by atoms with E-state index in [-0.39, 0.29) is 17.4 Å². The van der Waals surface area contributed by atoms with E-state index in [1.54, 1.807) is 7.11 Å². The Hall–Kier alpha value is -1.89. The zero-order valence-electron chi connectivity index (χ0n) is 19.6. The molecule has 31 heavy (non-hydrogen) atoms. The molecule has 2 aliphatic rings. The number of ether oxygens (including phenoxy) is 3. The zero-order chi connectivity index (χ0) is 22.2. The van der Waals surface area contributed by atoms with E-state index in [1.165, 1.54) is 17.5 Å². The first-order valence-corrected chi connectivity index (χ1v) is 11.3. The highest BCUT2D eigenvalue weighted by molar-refractivity contribution is 6.54. The van der Waals surface area contributed by atoms with Crippen LogP contribution in [0.4, 0.5) is 0 Å². The van der Waals surface area contributed by atoms with E-state index in [0.29, 0.717) is 12.1 Å². The summed E-state index contributed by atoms with van der Waals surface area (Å²) in [7, 11) is 3.74. The zero-order valence-corrected chi connectivity index (χ0v) is 19.6. The van der Waals surface area contributed by atoms with Gasteiger partial charge in [-0.05, 0) is 77.3 Å². The van der Waals surface area contributed by atoms with Gasteiger partial charge in [-0.2, -0.15) is 0 Å². The fourth-order valence-electron chi connectivity index (χ4n) is 4.55. The Bertz CT molecular complexity index is 884. The Morgan fingerprint density at radius 2 is 1.77 bits per heavy atom. The Balaban J connectivity index is 1.49. The first kappa shape index (κ1) is 22.3. The second kappa shape index (κ2) is 8.57. The molecule has 0 amide bonds. The SMILES string of the molecule is COc1ccc([C@@H](C)N2CCC[C@H]2c2cncc([B]C3OC(C)(C)C(C)(C)O3)c2)cc1. The third-order valence-corrected chi connectivity index (χ3v) is 7.16. The van der Waals surface area contributed by atoms with Crippen LogP contribution in [0.25, 0.3) is 0 Å². The van der Waals surface area contributed by atoms with E-state index < -0.39 is 0 Å². The molecular formula is C25H34BN2O3. The number of benzene rings is 1. The lowest BCUT2D eigenvalue weighted by Crippen LogP contribution is -2.41. The molecule has 2 aromatic rings. The molecule has 1 radical (unpaired) electrons. The number of methoxy groups -OCH3 is 1. The molecule has 6 heteroatoms. The molecule has 4 rings (SSSR count). The molecule has 1 aromatic carbocycles. The molecule has 1 aromatic heterocycles. The molecular weight excluding hydrogens is 387 g/mol. The van der Waals surface area contributed by atoms with Gasteiger partial charge in [-0.15, -0.1) is 0 Å². The Morgan fingerprint density at radius 1 is 1.10 bits per heavy atom. The van der Waals surface area contributed by atoms with Gasteiger partial charge in [-0.25, -0.2) is 0 Å². The summed E-state index contributed by atoms with van der Waals surface area (Å²) in [6.45, 7) is 11.7. The molecule has 0 unspecified atom stereocenters. The van der Waals surface area contributed by atoms with Gasteiger partial charge in [0, 0.05) is 24.5 Å². The fraction of sp³-hybridized carbons (Fsp3) is 0.560. The van der Waals surface area contributed by atoms with Gasteiger partial charge in [0.15, 0.2) is 0 Å². The van der Waals surface area contributed by atoms with E-state index >= 15 is 0 Å². The molecule has 0 saturated carbocycles. The fourth-order valence-corrected chi connectivity index (χ4v) is 4.55. The van der Waals surface area contributed by atoms with E-state index in [1.807, 2.05) is 31.8 Å². The van der Waals surface area contributed by atoms with Crippen molar-refractivity contribution >= 4 is 12.7 Å². The molecule has 0 bridgehead atoms. The van der Waals surface area contributed by atoms with Gasteiger partial charge in [0.25, 0.3) is 0 Å². The van der Waals surface area contributed by atoms with Gasteiger partial charge in [0.2, 0.25) is 7.28 Å². The summed E-state index contributed by atoms with van der Waals surface area (Å²) in [4.78, 5) is 7.13. The monoisotopic (exact) mass is 421 g/mol. The van der Waals surface area contributed by atoms with Crippen LogP contribution in [0.2, 0.25) is 0 Å². The Labute approximate surface area is 187 Å². The van der Waals surface area contributed by atoms with Crippen LogP contribution in [0.15, 0.2) is 42.7 Å². The maximum atomic E-state index is 6.14. The van der Waals surface area contributed by atoms with Crippen LogP contribution in [0.3, 0.4) is 0 Å². The summed E-state index contributed by atoms with van der Waals surface area (Å²) in [5.41, 5.74) is 2.92. The number of aromatic nitrogens is 1. The van der Waals surface area contributed by atoms with Crippen LogP contribution in [0.5, 0.6) is 5.75 Å². The second-order valence-electron chi connectivity index (χ2n) is 9.69. The highest BCUT2D eigenvalue weighted by Crippen LogP contribution is 2.39. The highest BCUT2D eigenvalue weighted by atomic mass is 16.7. The molecule has 0 aliphatic carbocycles. The minimum Gasteiger partial charge on any atom is -0.497 e. The van der Waals surface area contributed by atoms with Gasteiger partial charge in [0.05, 0.1) is 18.3 Å². The summed E-state index contributed by atoms with van der Waals surface area (Å²) < 4.78 is 17.6. The van der Waals surface area contributed by atoms with Crippen molar-refractivity contribution in [1.82, 2.24) is 9.88 Å². The number of pyridine rings is 1. The Kier molecular flexibility index (Phi) is 6.17. The maximum absolute atomic E-state index is 6.14. The average Bonchev–Trinajstić information content (AvgIpc) is 3.29. The largest absolute Gasteiger partial charge is 0.497 e. The van der Waals surface area contributed by atoms with Crippen molar-refractivity contribution in [2.75, 3.05) is 13.7 Å². The van der Waals surface area contributed by atoms with Gasteiger partial charge in [-0.3, -0.25) is 9.88 Å². The minimum absolute atomic E-state index is 0.328. The van der Waals surface area contributed by atoms with Crippen LogP contribution < -0.4 is 10.2 Å². The molecule has 5 nitrogen and oxygen atoms in total. The third-order valence-electron chi connectivity index (χ3n) is 7.16. The van der Waals surface area contributed by atoms with Crippen LogP contribution in [0, 0.1) is 0 Å². The van der Waals surface area contributed by atoms with Crippen molar-refractivity contribution in [2.45, 2.75) is 76.9 Å². The first-order valence-electron chi connectivity index (χ1n) is 11.3. The second-order valence-corrected chi connectivity index (χ2v) is 9.69. The summed E-state index contributed by atoms with van der Waals surface area (Å²) in [6.07, 6.45) is 5.87. The van der Waals surface area contributed by atoms with Crippen molar-refractivity contribution in [3.63, 3.8) is 0 Å². The third kappa shape index (κ3) is 4.52. The standard InChI is InChI=1S/C25H34BN2O3/c1-17(18-9-11-21(29-6)12-10-18)28-13-7-8-22(28)19-14-20(16-27-15-19)26-23-30-24(2,3)25(4,5)31-23/h9-12,14-17,22-23H,7-8,13H2,1-6H3/t17-,22+/m1/s1. The molecule has 165 valence electrons. The first-order chi connectivity index (χ1) is 14.7. The molecule has 2 atom stereocenters. The van der Waals surface area contributed by atoms with Crippen molar-refractivity contribution in [1.29, 1.82) is 0 Å². The summed E-state index contributed by atoms with van der Waals surface area (Å²) in [5.74, 6) is 0.893. The lowest BCUT2D eigenvalue weighted by atomic mass is 9.69. The van der Waals surface area contributed by atoms with E-state index in [2.05, 4.69) is 62.7 Å². The number of nitrogens with zero attached hydrogens (tertiary/aromatic N) is 2. The number of likely N-dealkylation sites (tertiary alicyclic amines) is 1.